The van der Waals surface area contributed by atoms with Gasteiger partial charge >= 0.3 is 0 Å². The quantitative estimate of drug-likeness (QED) is 0.287. The van der Waals surface area contributed by atoms with Crippen molar-refractivity contribution in [2.75, 3.05) is 37.0 Å². The molecule has 0 aliphatic carbocycles. The molecule has 0 bridgehead atoms. The molecule has 0 saturated carbocycles. The second-order valence-electron chi connectivity index (χ2n) is 8.50. The zero-order valence-corrected chi connectivity index (χ0v) is 20.5. The lowest BCUT2D eigenvalue weighted by atomic mass is 10.2. The van der Waals surface area contributed by atoms with E-state index in [1.54, 1.807) is 7.11 Å². The summed E-state index contributed by atoms with van der Waals surface area (Å²) in [7, 11) is 1.67. The number of hydrogen-bond donors (Lipinski definition) is 2. The summed E-state index contributed by atoms with van der Waals surface area (Å²) in [4.78, 5) is 12.4. The average Bonchev–Trinajstić information content (AvgIpc) is 3.18. The number of nitrogens with zero attached hydrogens (tertiary/aromatic N) is 4. The summed E-state index contributed by atoms with van der Waals surface area (Å²) in [5, 5.41) is 3.46. The van der Waals surface area contributed by atoms with Gasteiger partial charge in [-0.1, -0.05) is 39.5 Å². The predicted octanol–water partition coefficient (Wildman–Crippen LogP) is 5.72. The summed E-state index contributed by atoms with van der Waals surface area (Å²) in [6, 6.07) is 12.1. The van der Waals surface area contributed by atoms with Gasteiger partial charge in [0.05, 0.1) is 7.11 Å². The lowest BCUT2D eigenvalue weighted by Crippen LogP contribution is -2.26. The van der Waals surface area contributed by atoms with Crippen LogP contribution in [-0.4, -0.2) is 41.3 Å². The molecule has 3 aromatic rings. The van der Waals surface area contributed by atoms with Gasteiger partial charge in [-0.3, -0.25) is 4.57 Å². The number of imidazole rings is 1. The molecule has 3 N–H and O–H groups in total. The van der Waals surface area contributed by atoms with Crippen LogP contribution in [-0.2, 0) is 6.54 Å². The lowest BCUT2D eigenvalue weighted by molar-refractivity contribution is 0.415. The summed E-state index contributed by atoms with van der Waals surface area (Å²) in [5.41, 5.74) is 8.61. The maximum atomic E-state index is 5.84. The van der Waals surface area contributed by atoms with Crippen molar-refractivity contribution in [3.05, 3.63) is 36.4 Å². The van der Waals surface area contributed by atoms with E-state index in [2.05, 4.69) is 40.8 Å². The Balaban J connectivity index is 1.91. The Labute approximate surface area is 198 Å². The van der Waals surface area contributed by atoms with Gasteiger partial charge in [-0.2, -0.15) is 0 Å². The fourth-order valence-corrected chi connectivity index (χ4v) is 3.97. The van der Waals surface area contributed by atoms with Crippen molar-refractivity contribution in [1.82, 2.24) is 14.5 Å². The smallest absolute Gasteiger partial charge is 0.209 e. The summed E-state index contributed by atoms with van der Waals surface area (Å²) >= 11 is 0. The maximum Gasteiger partial charge on any atom is 0.209 e. The monoisotopic (exact) mass is 452 g/mol. The Kier molecular flexibility index (Phi) is 9.81. The number of nitrogens with one attached hydrogen (secondary N) is 1. The van der Waals surface area contributed by atoms with Crippen molar-refractivity contribution in [1.29, 1.82) is 0 Å². The Hall–Kier alpha value is -2.80. The topological polar surface area (TPSA) is 81.2 Å². The second-order valence-corrected chi connectivity index (χ2v) is 8.50. The molecule has 7 heteroatoms. The summed E-state index contributed by atoms with van der Waals surface area (Å²) < 4.78 is 7.43. The van der Waals surface area contributed by atoms with E-state index in [4.69, 9.17) is 20.4 Å². The first-order valence-electron chi connectivity index (χ1n) is 12.4. The van der Waals surface area contributed by atoms with Crippen LogP contribution in [0.15, 0.2) is 36.4 Å². The van der Waals surface area contributed by atoms with Gasteiger partial charge < -0.3 is 20.7 Å². The van der Waals surface area contributed by atoms with E-state index in [0.29, 0.717) is 6.54 Å². The number of aromatic nitrogens is 3. The fraction of sp³-hybridized carbons (Fsp3) is 0.538. The zero-order chi connectivity index (χ0) is 23.5. The van der Waals surface area contributed by atoms with Crippen LogP contribution in [0, 0.1) is 0 Å². The molecule has 0 spiro atoms. The van der Waals surface area contributed by atoms with Crippen LogP contribution in [0.5, 0.6) is 5.75 Å². The van der Waals surface area contributed by atoms with Crippen molar-refractivity contribution in [2.24, 2.45) is 5.73 Å². The number of rotatable bonds is 15. The third-order valence-electron chi connectivity index (χ3n) is 5.90. The standard InChI is InChI=1S/C26H40N6O/c1-4-6-8-18-31(19-9-7-5-2)24-16-15-23-25(30-24)32(20-10-17-27)26(29-23)28-21-11-13-22(33-3)14-12-21/h11-16H,4-10,17-20,27H2,1-3H3,(H,28,29). The van der Waals surface area contributed by atoms with E-state index in [1.165, 1.54) is 38.5 Å². The molecule has 0 unspecified atom stereocenters. The largest absolute Gasteiger partial charge is 0.497 e. The Morgan fingerprint density at radius 1 is 0.909 bits per heavy atom. The van der Waals surface area contributed by atoms with Gasteiger partial charge in [0, 0.05) is 25.3 Å². The molecule has 0 aliphatic heterocycles. The second kappa shape index (κ2) is 13.0. The van der Waals surface area contributed by atoms with E-state index < -0.39 is 0 Å². The molecule has 0 saturated heterocycles. The summed E-state index contributed by atoms with van der Waals surface area (Å²) in [6.45, 7) is 7.99. The van der Waals surface area contributed by atoms with Crippen LogP contribution in [0.2, 0.25) is 0 Å². The minimum Gasteiger partial charge on any atom is -0.497 e. The van der Waals surface area contributed by atoms with E-state index in [-0.39, 0.29) is 0 Å². The summed E-state index contributed by atoms with van der Waals surface area (Å²) in [6.07, 6.45) is 8.19. The molecule has 0 fully saturated rings. The molecule has 0 amide bonds. The van der Waals surface area contributed by atoms with Crippen LogP contribution < -0.4 is 20.7 Å². The lowest BCUT2D eigenvalue weighted by Gasteiger charge is -2.24. The van der Waals surface area contributed by atoms with Crippen molar-refractivity contribution < 1.29 is 4.74 Å². The van der Waals surface area contributed by atoms with Crippen molar-refractivity contribution in [3.8, 4) is 5.75 Å². The van der Waals surface area contributed by atoms with Crippen LogP contribution in [0.4, 0.5) is 17.5 Å². The molecule has 180 valence electrons. The SMILES string of the molecule is CCCCCN(CCCCC)c1ccc2nc(Nc3ccc(OC)cc3)n(CCCN)c2n1. The highest BCUT2D eigenvalue weighted by atomic mass is 16.5. The third-order valence-corrected chi connectivity index (χ3v) is 5.90. The van der Waals surface area contributed by atoms with E-state index in [0.717, 1.165) is 60.4 Å². The van der Waals surface area contributed by atoms with E-state index in [9.17, 15) is 0 Å². The molecule has 2 aromatic heterocycles. The first kappa shape index (κ1) is 24.8. The van der Waals surface area contributed by atoms with E-state index in [1.807, 2.05) is 24.3 Å². The third kappa shape index (κ3) is 6.84. The zero-order valence-electron chi connectivity index (χ0n) is 20.5. The Morgan fingerprint density at radius 3 is 2.21 bits per heavy atom. The van der Waals surface area contributed by atoms with Gasteiger partial charge in [-0.15, -0.1) is 0 Å². The van der Waals surface area contributed by atoms with Crippen LogP contribution in [0.1, 0.15) is 58.8 Å². The van der Waals surface area contributed by atoms with Gasteiger partial charge in [-0.05, 0) is 62.2 Å². The first-order chi connectivity index (χ1) is 16.2. The van der Waals surface area contributed by atoms with Gasteiger partial charge in [0.15, 0.2) is 5.65 Å². The number of pyridine rings is 1. The molecule has 3 rings (SSSR count). The normalized spacial score (nSPS) is 11.2. The first-order valence-corrected chi connectivity index (χ1v) is 12.4. The molecule has 0 aliphatic rings. The number of aryl methyl sites for hydroxylation is 1. The molecule has 0 radical (unpaired) electrons. The van der Waals surface area contributed by atoms with Gasteiger partial charge in [0.1, 0.15) is 17.1 Å². The molecule has 7 nitrogen and oxygen atoms in total. The Bertz CT molecular complexity index is 959. The average molecular weight is 453 g/mol. The van der Waals surface area contributed by atoms with Crippen LogP contribution in [0.3, 0.4) is 0 Å². The van der Waals surface area contributed by atoms with Crippen molar-refractivity contribution in [3.63, 3.8) is 0 Å². The molecule has 2 heterocycles. The number of ether oxygens (including phenoxy) is 1. The van der Waals surface area contributed by atoms with Gasteiger partial charge in [0.2, 0.25) is 5.95 Å². The molecular weight excluding hydrogens is 412 g/mol. The van der Waals surface area contributed by atoms with Crippen molar-refractivity contribution in [2.45, 2.75) is 65.3 Å². The molecule has 0 atom stereocenters. The van der Waals surface area contributed by atoms with Gasteiger partial charge in [0.25, 0.3) is 0 Å². The highest BCUT2D eigenvalue weighted by molar-refractivity contribution is 5.78. The van der Waals surface area contributed by atoms with E-state index >= 15 is 0 Å². The highest BCUT2D eigenvalue weighted by Gasteiger charge is 2.15. The number of nitrogens with two attached hydrogens (primary N) is 1. The predicted molar refractivity (Wildman–Crippen MR) is 139 cm³/mol. The number of benzene rings is 1. The van der Waals surface area contributed by atoms with Crippen molar-refractivity contribution >= 4 is 28.6 Å². The molecule has 1 aromatic carbocycles. The number of hydrogen-bond acceptors (Lipinski definition) is 6. The Morgan fingerprint density at radius 2 is 1.61 bits per heavy atom. The number of fused-ring (bicyclic) bond motifs is 1. The number of methoxy groups -OCH3 is 1. The van der Waals surface area contributed by atoms with Crippen LogP contribution in [0.25, 0.3) is 11.2 Å². The number of unbranched alkanes of at least 4 members (excludes halogenated alkanes) is 4. The highest BCUT2D eigenvalue weighted by Crippen LogP contribution is 2.26. The number of anilines is 3. The molecule has 33 heavy (non-hydrogen) atoms. The minimum absolute atomic E-state index is 0.626. The van der Waals surface area contributed by atoms with Gasteiger partial charge in [-0.25, -0.2) is 9.97 Å². The fourth-order valence-electron chi connectivity index (χ4n) is 3.97. The summed E-state index contributed by atoms with van der Waals surface area (Å²) in [5.74, 6) is 2.66. The van der Waals surface area contributed by atoms with Crippen LogP contribution >= 0.6 is 0 Å². The maximum absolute atomic E-state index is 5.84. The molecular formula is C26H40N6O. The minimum atomic E-state index is 0.626.